The van der Waals surface area contributed by atoms with Gasteiger partial charge < -0.3 is 5.32 Å². The topological polar surface area (TPSA) is 29.1 Å². The molecule has 0 aliphatic heterocycles. The van der Waals surface area contributed by atoms with E-state index in [1.165, 1.54) is 24.3 Å². The third kappa shape index (κ3) is 4.18. The smallest absolute Gasteiger partial charge is 0.323 e. The third-order valence-corrected chi connectivity index (χ3v) is 2.80. The van der Waals surface area contributed by atoms with E-state index in [4.69, 9.17) is 0 Å². The monoisotopic (exact) mass is 309 g/mol. The fourth-order valence-electron chi connectivity index (χ4n) is 1.70. The molecule has 2 nitrogen and oxygen atoms in total. The van der Waals surface area contributed by atoms with Crippen LogP contribution in [0.5, 0.6) is 0 Å². The van der Waals surface area contributed by atoms with Gasteiger partial charge in [0.1, 0.15) is 5.82 Å². The first-order chi connectivity index (χ1) is 10.4. The molecule has 0 atom stereocenters. The summed E-state index contributed by atoms with van der Waals surface area (Å²) in [5.74, 6) is -1.04. The number of rotatable bonds is 3. The number of nitrogens with one attached hydrogen (secondary N) is 1. The second-order valence-electron chi connectivity index (χ2n) is 4.42. The van der Waals surface area contributed by atoms with Crippen molar-refractivity contribution in [2.45, 2.75) is 6.18 Å². The van der Waals surface area contributed by atoms with Crippen LogP contribution in [-0.4, -0.2) is 5.91 Å². The highest BCUT2D eigenvalue weighted by Crippen LogP contribution is 2.29. The number of amides is 1. The van der Waals surface area contributed by atoms with Crippen LogP contribution < -0.4 is 5.32 Å². The van der Waals surface area contributed by atoms with Crippen LogP contribution in [0.15, 0.2) is 54.6 Å². The molecule has 1 N–H and O–H groups in total. The summed E-state index contributed by atoms with van der Waals surface area (Å²) in [6.45, 7) is 0. The average molecular weight is 309 g/mol. The summed E-state index contributed by atoms with van der Waals surface area (Å²) in [4.78, 5) is 11.6. The quantitative estimate of drug-likeness (QED) is 0.656. The van der Waals surface area contributed by atoms with Crippen LogP contribution in [0.2, 0.25) is 0 Å². The zero-order chi connectivity index (χ0) is 16.2. The van der Waals surface area contributed by atoms with Gasteiger partial charge in [0.15, 0.2) is 0 Å². The molecule has 0 spiro atoms. The minimum absolute atomic E-state index is 0.219. The molecule has 0 radical (unpaired) electrons. The Labute approximate surface area is 124 Å². The first-order valence-corrected chi connectivity index (χ1v) is 6.27. The fourth-order valence-corrected chi connectivity index (χ4v) is 1.70. The predicted molar refractivity (Wildman–Crippen MR) is 75.5 cm³/mol. The first-order valence-electron chi connectivity index (χ1n) is 6.27. The van der Waals surface area contributed by atoms with E-state index in [-0.39, 0.29) is 11.3 Å². The van der Waals surface area contributed by atoms with Crippen molar-refractivity contribution in [2.75, 3.05) is 5.32 Å². The molecule has 0 aliphatic carbocycles. The molecule has 22 heavy (non-hydrogen) atoms. The van der Waals surface area contributed by atoms with Crippen LogP contribution >= 0.6 is 0 Å². The van der Waals surface area contributed by atoms with Crippen molar-refractivity contribution < 1.29 is 22.4 Å². The van der Waals surface area contributed by atoms with Crippen molar-refractivity contribution in [3.63, 3.8) is 0 Å². The lowest BCUT2D eigenvalue weighted by Gasteiger charge is -2.07. The molecule has 0 saturated heterocycles. The Bertz CT molecular complexity index is 690. The number of hydrogen-bond donors (Lipinski definition) is 1. The maximum Gasteiger partial charge on any atom is 0.416 e. The van der Waals surface area contributed by atoms with Crippen molar-refractivity contribution in [1.29, 1.82) is 0 Å². The second kappa shape index (κ2) is 6.43. The fraction of sp³-hybridized carbons (Fsp3) is 0.0625. The standard InChI is InChI=1S/C16H11F4NO/c17-14-4-2-1-3-11(14)5-10-15(22)21-13-8-6-12(7-9-13)16(18,19)20/h1-10H,(H,21,22)/b10-5+. The van der Waals surface area contributed by atoms with Gasteiger partial charge in [0.25, 0.3) is 0 Å². The third-order valence-electron chi connectivity index (χ3n) is 2.80. The van der Waals surface area contributed by atoms with Crippen molar-refractivity contribution in [2.24, 2.45) is 0 Å². The predicted octanol–water partition coefficient (Wildman–Crippen LogP) is 4.50. The molecule has 2 aromatic rings. The Balaban J connectivity index is 2.02. The summed E-state index contributed by atoms with van der Waals surface area (Å²) in [6.07, 6.45) is -2.03. The summed E-state index contributed by atoms with van der Waals surface area (Å²) in [6, 6.07) is 9.94. The van der Waals surface area contributed by atoms with Crippen molar-refractivity contribution in [1.82, 2.24) is 0 Å². The van der Waals surface area contributed by atoms with Gasteiger partial charge in [0, 0.05) is 17.3 Å². The minimum Gasteiger partial charge on any atom is -0.323 e. The van der Waals surface area contributed by atoms with E-state index >= 15 is 0 Å². The van der Waals surface area contributed by atoms with Crippen LogP contribution in [-0.2, 0) is 11.0 Å². The van der Waals surface area contributed by atoms with Gasteiger partial charge in [0.05, 0.1) is 5.56 Å². The lowest BCUT2D eigenvalue weighted by Crippen LogP contribution is -2.09. The number of anilines is 1. The van der Waals surface area contributed by atoms with E-state index < -0.39 is 23.5 Å². The number of hydrogen-bond acceptors (Lipinski definition) is 1. The van der Waals surface area contributed by atoms with E-state index in [2.05, 4.69) is 5.32 Å². The van der Waals surface area contributed by atoms with Crippen molar-refractivity contribution >= 4 is 17.7 Å². The summed E-state index contributed by atoms with van der Waals surface area (Å²) in [7, 11) is 0. The maximum absolute atomic E-state index is 13.3. The summed E-state index contributed by atoms with van der Waals surface area (Å²) < 4.78 is 50.5. The van der Waals surface area contributed by atoms with Gasteiger partial charge in [-0.1, -0.05) is 18.2 Å². The largest absolute Gasteiger partial charge is 0.416 e. The molecule has 0 unspecified atom stereocenters. The van der Waals surface area contributed by atoms with Crippen molar-refractivity contribution in [3.8, 4) is 0 Å². The molecule has 6 heteroatoms. The van der Waals surface area contributed by atoms with E-state index in [0.717, 1.165) is 30.3 Å². The number of benzene rings is 2. The summed E-state index contributed by atoms with van der Waals surface area (Å²) >= 11 is 0. The van der Waals surface area contributed by atoms with E-state index in [0.29, 0.717) is 0 Å². The summed E-state index contributed by atoms with van der Waals surface area (Å²) in [5.41, 5.74) is -0.339. The molecule has 0 aliphatic rings. The van der Waals surface area contributed by atoms with E-state index in [1.54, 1.807) is 6.07 Å². The Hall–Kier alpha value is -2.63. The molecular formula is C16H11F4NO. The van der Waals surface area contributed by atoms with Crippen LogP contribution in [0.1, 0.15) is 11.1 Å². The van der Waals surface area contributed by atoms with Crippen LogP contribution in [0.3, 0.4) is 0 Å². The van der Waals surface area contributed by atoms with E-state index in [9.17, 15) is 22.4 Å². The molecule has 0 heterocycles. The SMILES string of the molecule is O=C(/C=C/c1ccccc1F)Nc1ccc(C(F)(F)F)cc1. The molecule has 0 aromatic heterocycles. The molecule has 1 amide bonds. The Morgan fingerprint density at radius 2 is 1.64 bits per heavy atom. The zero-order valence-electron chi connectivity index (χ0n) is 11.2. The Morgan fingerprint density at radius 3 is 2.23 bits per heavy atom. The highest BCUT2D eigenvalue weighted by Gasteiger charge is 2.29. The van der Waals surface area contributed by atoms with Gasteiger partial charge in [-0.2, -0.15) is 13.2 Å². The normalized spacial score (nSPS) is 11.6. The summed E-state index contributed by atoms with van der Waals surface area (Å²) in [5, 5.41) is 2.39. The number of carbonyl (C=O) groups is 1. The molecule has 114 valence electrons. The molecular weight excluding hydrogens is 298 g/mol. The zero-order valence-corrected chi connectivity index (χ0v) is 11.2. The molecule has 2 aromatic carbocycles. The van der Waals surface area contributed by atoms with Gasteiger partial charge in [-0.15, -0.1) is 0 Å². The number of alkyl halides is 3. The van der Waals surface area contributed by atoms with Gasteiger partial charge in [-0.3, -0.25) is 4.79 Å². The second-order valence-corrected chi connectivity index (χ2v) is 4.42. The highest BCUT2D eigenvalue weighted by molar-refractivity contribution is 6.01. The Kier molecular flexibility index (Phi) is 4.60. The highest BCUT2D eigenvalue weighted by atomic mass is 19.4. The van der Waals surface area contributed by atoms with Crippen LogP contribution in [0.4, 0.5) is 23.2 Å². The lowest BCUT2D eigenvalue weighted by atomic mass is 10.2. The van der Waals surface area contributed by atoms with Crippen LogP contribution in [0, 0.1) is 5.82 Å². The first kappa shape index (κ1) is 15.8. The Morgan fingerprint density at radius 1 is 1.00 bits per heavy atom. The van der Waals surface area contributed by atoms with Gasteiger partial charge in [0.2, 0.25) is 5.91 Å². The molecule has 2 rings (SSSR count). The molecule has 0 fully saturated rings. The average Bonchev–Trinajstić information content (AvgIpc) is 2.46. The lowest BCUT2D eigenvalue weighted by molar-refractivity contribution is -0.137. The minimum atomic E-state index is -4.42. The van der Waals surface area contributed by atoms with Crippen LogP contribution in [0.25, 0.3) is 6.08 Å². The van der Waals surface area contributed by atoms with Crippen molar-refractivity contribution in [3.05, 3.63) is 71.6 Å². The van der Waals surface area contributed by atoms with E-state index in [1.807, 2.05) is 0 Å². The number of halogens is 4. The van der Waals surface area contributed by atoms with Gasteiger partial charge in [-0.05, 0) is 36.4 Å². The maximum atomic E-state index is 13.3. The molecule has 0 saturated carbocycles. The molecule has 0 bridgehead atoms. The van der Waals surface area contributed by atoms with Gasteiger partial charge >= 0.3 is 6.18 Å². The number of carbonyl (C=O) groups excluding carboxylic acids is 1. The van der Waals surface area contributed by atoms with Gasteiger partial charge in [-0.25, -0.2) is 4.39 Å².